The van der Waals surface area contributed by atoms with Gasteiger partial charge in [-0.25, -0.2) is 0 Å². The third-order valence-corrected chi connectivity index (χ3v) is 5.23. The molecule has 0 aromatic heterocycles. The van der Waals surface area contributed by atoms with E-state index < -0.39 is 43.2 Å². The number of rotatable bonds is 12. The number of unbranched alkanes of at least 4 members (excludes halogenated alkanes) is 2. The fourth-order valence-corrected chi connectivity index (χ4v) is 3.46. The van der Waals surface area contributed by atoms with Crippen LogP contribution in [0.3, 0.4) is 0 Å². The third-order valence-electron chi connectivity index (χ3n) is 5.23. The van der Waals surface area contributed by atoms with Crippen LogP contribution in [0.15, 0.2) is 24.3 Å². The lowest BCUT2D eigenvalue weighted by Crippen LogP contribution is -2.64. The van der Waals surface area contributed by atoms with E-state index in [-0.39, 0.29) is 12.5 Å². The predicted octanol–water partition coefficient (Wildman–Crippen LogP) is -0.135. The molecule has 0 bridgehead atoms. The molecule has 32 heavy (non-hydrogen) atoms. The van der Waals surface area contributed by atoms with Crippen molar-refractivity contribution in [2.45, 2.75) is 69.9 Å². The highest BCUT2D eigenvalue weighted by Crippen LogP contribution is 2.23. The van der Waals surface area contributed by atoms with Crippen molar-refractivity contribution < 1.29 is 34.4 Å². The Morgan fingerprint density at radius 2 is 1.81 bits per heavy atom. The monoisotopic (exact) mass is 453 g/mol. The van der Waals surface area contributed by atoms with Gasteiger partial charge in [-0.05, 0) is 44.1 Å². The molecule has 6 N–H and O–H groups in total. The van der Waals surface area contributed by atoms with Gasteiger partial charge >= 0.3 is 0 Å². The number of carbonyl (C=O) groups excluding carboxylic acids is 2. The summed E-state index contributed by atoms with van der Waals surface area (Å²) < 4.78 is 11.3. The Morgan fingerprint density at radius 3 is 2.44 bits per heavy atom. The van der Waals surface area contributed by atoms with Gasteiger partial charge in [-0.3, -0.25) is 9.59 Å². The van der Waals surface area contributed by atoms with Crippen molar-refractivity contribution in [2.75, 3.05) is 25.5 Å². The van der Waals surface area contributed by atoms with Crippen molar-refractivity contribution in [1.82, 2.24) is 10.6 Å². The molecular formula is C22H35N3O7. The number of hydrogen-bond acceptors (Lipinski definition) is 8. The first-order valence-corrected chi connectivity index (χ1v) is 10.9. The molecule has 1 fully saturated rings. The van der Waals surface area contributed by atoms with Gasteiger partial charge in [-0.15, -0.1) is 0 Å². The normalized spacial score (nSPS) is 25.3. The van der Waals surface area contributed by atoms with Gasteiger partial charge in [-0.2, -0.15) is 0 Å². The van der Waals surface area contributed by atoms with Gasteiger partial charge in [0.05, 0.1) is 13.2 Å². The van der Waals surface area contributed by atoms with Gasteiger partial charge in [0, 0.05) is 19.0 Å². The highest BCUT2D eigenvalue weighted by Gasteiger charge is 2.45. The quantitative estimate of drug-likeness (QED) is 0.240. The fraction of sp³-hybridized carbons (Fsp3) is 0.636. The summed E-state index contributed by atoms with van der Waals surface area (Å²) in [5, 5.41) is 38.2. The smallest absolute Gasteiger partial charge is 0.224 e. The maximum Gasteiger partial charge on any atom is 0.224 e. The number of anilines is 1. The van der Waals surface area contributed by atoms with Gasteiger partial charge in [0.1, 0.15) is 24.4 Å². The zero-order valence-corrected chi connectivity index (χ0v) is 18.6. The van der Waals surface area contributed by atoms with Crippen LogP contribution in [-0.2, 0) is 25.7 Å². The second-order valence-corrected chi connectivity index (χ2v) is 7.90. The van der Waals surface area contributed by atoms with Crippen LogP contribution in [0.5, 0.6) is 0 Å². The Morgan fingerprint density at radius 1 is 1.09 bits per heavy atom. The molecule has 2 unspecified atom stereocenters. The van der Waals surface area contributed by atoms with Gasteiger partial charge in [0.25, 0.3) is 0 Å². The maximum atomic E-state index is 12.0. The Labute approximate surface area is 188 Å². The summed E-state index contributed by atoms with van der Waals surface area (Å²) in [5.74, 6) is -0.446. The minimum atomic E-state index is -1.36. The van der Waals surface area contributed by atoms with Crippen molar-refractivity contribution in [3.63, 3.8) is 0 Å². The largest absolute Gasteiger partial charge is 0.394 e. The van der Waals surface area contributed by atoms with Gasteiger partial charge < -0.3 is 40.7 Å². The molecule has 5 atom stereocenters. The molecule has 0 spiro atoms. The van der Waals surface area contributed by atoms with Crippen LogP contribution in [0, 0.1) is 0 Å². The van der Waals surface area contributed by atoms with E-state index in [1.807, 2.05) is 7.05 Å². The van der Waals surface area contributed by atoms with Crippen LogP contribution < -0.4 is 16.0 Å². The molecule has 1 saturated heterocycles. The molecule has 1 aliphatic rings. The minimum absolute atomic E-state index is 0.0326. The zero-order chi connectivity index (χ0) is 23.5. The number of ether oxygens (including phenoxy) is 2. The minimum Gasteiger partial charge on any atom is -0.394 e. The lowest BCUT2D eigenvalue weighted by atomic mass is 9.97. The standard InChI is InChI=1S/C22H35N3O7/c1-14(27)24-19-21(30)20(29)17(12-26)32-22(19)31-13-15-7-9-16(10-8-15)25-18(28)6-4-3-5-11-23-2/h7-10,17,19-23,26,29-30H,3-6,11-13H2,1-2H3,(H,24,27)(H,25,28)/t17?,19?,20-,21+,22+/m0/s1. The zero-order valence-electron chi connectivity index (χ0n) is 18.6. The summed E-state index contributed by atoms with van der Waals surface area (Å²) >= 11 is 0. The van der Waals surface area contributed by atoms with Crippen LogP contribution in [0.1, 0.15) is 38.2 Å². The van der Waals surface area contributed by atoms with Crippen LogP contribution in [0.25, 0.3) is 0 Å². The molecule has 1 aliphatic heterocycles. The van der Waals surface area contributed by atoms with Gasteiger partial charge in [0.15, 0.2) is 6.29 Å². The molecule has 0 saturated carbocycles. The van der Waals surface area contributed by atoms with E-state index in [1.165, 1.54) is 6.92 Å². The first-order valence-electron chi connectivity index (χ1n) is 10.9. The molecule has 2 amide bonds. The lowest BCUT2D eigenvalue weighted by molar-refractivity contribution is -0.273. The molecule has 2 rings (SSSR count). The van der Waals surface area contributed by atoms with E-state index in [4.69, 9.17) is 9.47 Å². The number of carbonyl (C=O) groups is 2. The van der Waals surface area contributed by atoms with Crippen LogP contribution in [-0.4, -0.2) is 78.0 Å². The molecule has 10 heteroatoms. The molecule has 180 valence electrons. The predicted molar refractivity (Wildman–Crippen MR) is 118 cm³/mol. The van der Waals surface area contributed by atoms with Gasteiger partial charge in [0.2, 0.25) is 11.8 Å². The molecule has 1 aromatic rings. The van der Waals surface area contributed by atoms with E-state index >= 15 is 0 Å². The highest BCUT2D eigenvalue weighted by molar-refractivity contribution is 5.90. The van der Waals surface area contributed by atoms with E-state index in [0.717, 1.165) is 31.4 Å². The summed E-state index contributed by atoms with van der Waals surface area (Å²) in [4.78, 5) is 23.5. The van der Waals surface area contributed by atoms with Crippen LogP contribution in [0.2, 0.25) is 0 Å². The number of nitrogens with one attached hydrogen (secondary N) is 3. The topological polar surface area (TPSA) is 149 Å². The molecule has 0 radical (unpaired) electrons. The summed E-state index contributed by atoms with van der Waals surface area (Å²) in [6.45, 7) is 1.82. The van der Waals surface area contributed by atoms with Gasteiger partial charge in [-0.1, -0.05) is 18.6 Å². The van der Waals surface area contributed by atoms with E-state index in [1.54, 1.807) is 24.3 Å². The first-order chi connectivity index (χ1) is 15.3. The number of aliphatic hydroxyl groups excluding tert-OH is 3. The fourth-order valence-electron chi connectivity index (χ4n) is 3.46. The Hall–Kier alpha value is -2.08. The number of amides is 2. The van der Waals surface area contributed by atoms with Crippen molar-refractivity contribution >= 4 is 17.5 Å². The Bertz CT molecular complexity index is 716. The maximum absolute atomic E-state index is 12.0. The summed E-state index contributed by atoms with van der Waals surface area (Å²) in [7, 11) is 1.91. The molecule has 0 aliphatic carbocycles. The second-order valence-electron chi connectivity index (χ2n) is 7.90. The van der Waals surface area contributed by atoms with Crippen molar-refractivity contribution in [3.05, 3.63) is 29.8 Å². The highest BCUT2D eigenvalue weighted by atomic mass is 16.7. The molecular weight excluding hydrogens is 418 g/mol. The Balaban J connectivity index is 1.86. The van der Waals surface area contributed by atoms with Crippen LogP contribution in [0.4, 0.5) is 5.69 Å². The number of benzene rings is 1. The summed E-state index contributed by atoms with van der Waals surface area (Å²) in [6, 6.07) is 6.11. The first kappa shape index (κ1) is 26.2. The lowest BCUT2D eigenvalue weighted by Gasteiger charge is -2.42. The average Bonchev–Trinajstić information content (AvgIpc) is 2.77. The summed E-state index contributed by atoms with van der Waals surface area (Å²) in [5.41, 5.74) is 1.46. The molecule has 10 nitrogen and oxygen atoms in total. The van der Waals surface area contributed by atoms with Crippen molar-refractivity contribution in [2.24, 2.45) is 0 Å². The van der Waals surface area contributed by atoms with E-state index in [2.05, 4.69) is 16.0 Å². The Kier molecular flexibility index (Phi) is 11.0. The van der Waals surface area contributed by atoms with Crippen molar-refractivity contribution in [1.29, 1.82) is 0 Å². The molecule has 1 aromatic carbocycles. The van der Waals surface area contributed by atoms with E-state index in [9.17, 15) is 24.9 Å². The number of aliphatic hydroxyl groups is 3. The van der Waals surface area contributed by atoms with E-state index in [0.29, 0.717) is 12.1 Å². The average molecular weight is 454 g/mol. The van der Waals surface area contributed by atoms with Crippen molar-refractivity contribution in [3.8, 4) is 0 Å². The van der Waals surface area contributed by atoms with Crippen LogP contribution >= 0.6 is 0 Å². The number of hydrogen-bond donors (Lipinski definition) is 6. The SMILES string of the molecule is CNCCCCCC(=O)Nc1ccc(CO[C@@H]2OC(CO)[C@H](O)[C@H](O)C2NC(C)=O)cc1. The third kappa shape index (κ3) is 8.12. The molecule has 1 heterocycles. The second kappa shape index (κ2) is 13.5. The summed E-state index contributed by atoms with van der Waals surface area (Å²) in [6.07, 6.45) is -1.46.